The van der Waals surface area contributed by atoms with E-state index < -0.39 is 12.6 Å². The Hall–Kier alpha value is -1.92. The molecule has 1 aromatic heterocycles. The SMILES string of the molecule is COc1cc2nc(CC(F)(F)F)[nH]c2cc1OC. The molecule has 0 unspecified atom stereocenters. The van der Waals surface area contributed by atoms with Crippen molar-refractivity contribution in [1.29, 1.82) is 0 Å². The molecule has 1 heterocycles. The third kappa shape index (κ3) is 2.49. The maximum atomic E-state index is 12.3. The van der Waals surface area contributed by atoms with Crippen molar-refractivity contribution in [3.63, 3.8) is 0 Å². The van der Waals surface area contributed by atoms with Crippen LogP contribution in [0.3, 0.4) is 0 Å². The second-order valence-corrected chi connectivity index (χ2v) is 3.70. The number of alkyl halides is 3. The maximum absolute atomic E-state index is 12.3. The summed E-state index contributed by atoms with van der Waals surface area (Å²) in [6.07, 6.45) is -5.38. The molecule has 0 radical (unpaired) electrons. The molecule has 2 rings (SSSR count). The van der Waals surface area contributed by atoms with Gasteiger partial charge in [0.25, 0.3) is 0 Å². The van der Waals surface area contributed by atoms with Crippen molar-refractivity contribution >= 4 is 11.0 Å². The molecule has 0 atom stereocenters. The lowest BCUT2D eigenvalue weighted by Gasteiger charge is -2.06. The van der Waals surface area contributed by atoms with E-state index >= 15 is 0 Å². The average Bonchev–Trinajstić information content (AvgIpc) is 2.65. The summed E-state index contributed by atoms with van der Waals surface area (Å²) in [4.78, 5) is 6.48. The number of ether oxygens (including phenoxy) is 2. The summed E-state index contributed by atoms with van der Waals surface area (Å²) in [5.41, 5.74) is 0.888. The Labute approximate surface area is 101 Å². The van der Waals surface area contributed by atoms with E-state index in [0.717, 1.165) is 0 Å². The summed E-state index contributed by atoms with van der Waals surface area (Å²) in [5.74, 6) is 0.732. The predicted molar refractivity (Wildman–Crippen MR) is 59.0 cm³/mol. The van der Waals surface area contributed by atoms with E-state index in [9.17, 15) is 13.2 Å². The van der Waals surface area contributed by atoms with Crippen molar-refractivity contribution in [3.8, 4) is 11.5 Å². The van der Waals surface area contributed by atoms with E-state index in [1.54, 1.807) is 6.07 Å². The van der Waals surface area contributed by atoms with Gasteiger partial charge in [0.2, 0.25) is 0 Å². The molecule has 0 aliphatic heterocycles. The summed E-state index contributed by atoms with van der Waals surface area (Å²) >= 11 is 0. The standard InChI is InChI=1S/C11H11F3N2O2/c1-17-8-3-6-7(4-9(8)18-2)16-10(15-6)5-11(12,13)14/h3-4H,5H2,1-2H3,(H,15,16). The summed E-state index contributed by atoms with van der Waals surface area (Å²) < 4.78 is 46.9. The van der Waals surface area contributed by atoms with Gasteiger partial charge in [0, 0.05) is 12.1 Å². The zero-order valence-corrected chi connectivity index (χ0v) is 9.76. The zero-order chi connectivity index (χ0) is 13.3. The van der Waals surface area contributed by atoms with Crippen LogP contribution in [0.1, 0.15) is 5.82 Å². The monoisotopic (exact) mass is 260 g/mol. The van der Waals surface area contributed by atoms with Crippen molar-refractivity contribution in [2.75, 3.05) is 14.2 Å². The minimum absolute atomic E-state index is 0.132. The first kappa shape index (κ1) is 12.5. The fraction of sp³-hybridized carbons (Fsp3) is 0.364. The smallest absolute Gasteiger partial charge is 0.396 e. The molecule has 0 saturated heterocycles. The number of hydrogen-bond acceptors (Lipinski definition) is 3. The number of fused-ring (bicyclic) bond motifs is 1. The van der Waals surface area contributed by atoms with E-state index in [-0.39, 0.29) is 5.82 Å². The van der Waals surface area contributed by atoms with Crippen LogP contribution in [0.2, 0.25) is 0 Å². The molecule has 0 fully saturated rings. The number of aromatic nitrogens is 2. The Bertz CT molecular complexity index is 522. The quantitative estimate of drug-likeness (QED) is 0.922. The van der Waals surface area contributed by atoms with Gasteiger partial charge in [0.05, 0.1) is 25.3 Å². The molecule has 0 aliphatic carbocycles. The third-order valence-electron chi connectivity index (χ3n) is 2.40. The highest BCUT2D eigenvalue weighted by atomic mass is 19.4. The topological polar surface area (TPSA) is 47.1 Å². The zero-order valence-electron chi connectivity index (χ0n) is 9.76. The first-order valence-electron chi connectivity index (χ1n) is 5.10. The summed E-state index contributed by atoms with van der Waals surface area (Å²) in [5, 5.41) is 0. The Kier molecular flexibility index (Phi) is 3.06. The maximum Gasteiger partial charge on any atom is 0.396 e. The number of benzene rings is 1. The van der Waals surface area contributed by atoms with Crippen molar-refractivity contribution < 1.29 is 22.6 Å². The van der Waals surface area contributed by atoms with Gasteiger partial charge >= 0.3 is 6.18 Å². The molecular formula is C11H11F3N2O2. The van der Waals surface area contributed by atoms with Crippen LogP contribution in [-0.2, 0) is 6.42 Å². The molecular weight excluding hydrogens is 249 g/mol. The Morgan fingerprint density at radius 2 is 1.78 bits per heavy atom. The van der Waals surface area contributed by atoms with Crippen molar-refractivity contribution in [2.24, 2.45) is 0 Å². The average molecular weight is 260 g/mol. The van der Waals surface area contributed by atoms with Crippen LogP contribution in [-0.4, -0.2) is 30.4 Å². The second-order valence-electron chi connectivity index (χ2n) is 3.70. The Morgan fingerprint density at radius 1 is 1.17 bits per heavy atom. The van der Waals surface area contributed by atoms with Crippen LogP contribution in [0.4, 0.5) is 13.2 Å². The largest absolute Gasteiger partial charge is 0.493 e. The van der Waals surface area contributed by atoms with Gasteiger partial charge in [0.1, 0.15) is 12.2 Å². The number of H-pyrrole nitrogens is 1. The number of aromatic amines is 1. The van der Waals surface area contributed by atoms with Gasteiger partial charge in [-0.25, -0.2) is 4.98 Å². The first-order chi connectivity index (χ1) is 8.43. The van der Waals surface area contributed by atoms with Gasteiger partial charge in [0.15, 0.2) is 11.5 Å². The molecule has 1 N–H and O–H groups in total. The molecule has 0 amide bonds. The van der Waals surface area contributed by atoms with Gasteiger partial charge in [-0.15, -0.1) is 0 Å². The molecule has 18 heavy (non-hydrogen) atoms. The van der Waals surface area contributed by atoms with E-state index in [4.69, 9.17) is 9.47 Å². The number of nitrogens with zero attached hydrogens (tertiary/aromatic N) is 1. The van der Waals surface area contributed by atoms with E-state index in [1.807, 2.05) is 0 Å². The van der Waals surface area contributed by atoms with Crippen LogP contribution in [0.5, 0.6) is 11.5 Å². The predicted octanol–water partition coefficient (Wildman–Crippen LogP) is 2.68. The number of hydrogen-bond donors (Lipinski definition) is 1. The normalized spacial score (nSPS) is 11.8. The van der Waals surface area contributed by atoms with Gasteiger partial charge in [-0.05, 0) is 0 Å². The highest BCUT2D eigenvalue weighted by Crippen LogP contribution is 2.31. The molecule has 4 nitrogen and oxygen atoms in total. The summed E-state index contributed by atoms with van der Waals surface area (Å²) in [7, 11) is 2.91. The fourth-order valence-corrected chi connectivity index (χ4v) is 1.66. The van der Waals surface area contributed by atoms with Crippen molar-refractivity contribution in [2.45, 2.75) is 12.6 Å². The van der Waals surface area contributed by atoms with Crippen molar-refractivity contribution in [1.82, 2.24) is 9.97 Å². The van der Waals surface area contributed by atoms with Gasteiger partial charge in [-0.2, -0.15) is 13.2 Å². The molecule has 0 spiro atoms. The minimum Gasteiger partial charge on any atom is -0.493 e. The molecule has 1 aromatic carbocycles. The van der Waals surface area contributed by atoms with Gasteiger partial charge in [-0.3, -0.25) is 0 Å². The van der Waals surface area contributed by atoms with E-state index in [2.05, 4.69) is 9.97 Å². The molecule has 7 heteroatoms. The van der Waals surface area contributed by atoms with Crippen LogP contribution >= 0.6 is 0 Å². The van der Waals surface area contributed by atoms with Crippen LogP contribution < -0.4 is 9.47 Å². The minimum atomic E-state index is -4.29. The lowest BCUT2D eigenvalue weighted by Crippen LogP contribution is -2.12. The Morgan fingerprint density at radius 3 is 2.33 bits per heavy atom. The van der Waals surface area contributed by atoms with E-state index in [1.165, 1.54) is 20.3 Å². The number of rotatable bonds is 3. The lowest BCUT2D eigenvalue weighted by molar-refractivity contribution is -0.128. The van der Waals surface area contributed by atoms with Crippen molar-refractivity contribution in [3.05, 3.63) is 18.0 Å². The van der Waals surface area contributed by atoms with Crippen LogP contribution in [0.15, 0.2) is 12.1 Å². The number of methoxy groups -OCH3 is 2. The van der Waals surface area contributed by atoms with Gasteiger partial charge in [-0.1, -0.05) is 0 Å². The molecule has 0 saturated carbocycles. The Balaban J connectivity index is 2.45. The summed E-state index contributed by atoms with van der Waals surface area (Å²) in [6.45, 7) is 0. The first-order valence-corrected chi connectivity index (χ1v) is 5.10. The van der Waals surface area contributed by atoms with Gasteiger partial charge < -0.3 is 14.5 Å². The number of halogens is 3. The van der Waals surface area contributed by atoms with Crippen LogP contribution in [0, 0.1) is 0 Å². The fourth-order valence-electron chi connectivity index (χ4n) is 1.66. The number of nitrogens with one attached hydrogen (secondary N) is 1. The molecule has 0 bridgehead atoms. The number of imidazole rings is 1. The molecule has 98 valence electrons. The second kappa shape index (κ2) is 4.40. The van der Waals surface area contributed by atoms with Crippen LogP contribution in [0.25, 0.3) is 11.0 Å². The highest BCUT2D eigenvalue weighted by Gasteiger charge is 2.29. The summed E-state index contributed by atoms with van der Waals surface area (Å²) in [6, 6.07) is 3.09. The molecule has 2 aromatic rings. The highest BCUT2D eigenvalue weighted by molar-refractivity contribution is 5.79. The lowest BCUT2D eigenvalue weighted by atomic mass is 10.3. The molecule has 0 aliphatic rings. The third-order valence-corrected chi connectivity index (χ3v) is 2.40. The van der Waals surface area contributed by atoms with E-state index in [0.29, 0.717) is 22.5 Å².